The maximum absolute atomic E-state index is 12.7. The summed E-state index contributed by atoms with van der Waals surface area (Å²) < 4.78 is 5.68. The smallest absolute Gasteiger partial charge is 0.246 e. The van der Waals surface area contributed by atoms with Crippen LogP contribution in [-0.2, 0) is 9.53 Å². The molecule has 0 bridgehead atoms. The van der Waals surface area contributed by atoms with E-state index in [2.05, 4.69) is 10.3 Å². The highest BCUT2D eigenvalue weighted by atomic mass is 32.1. The Hall–Kier alpha value is -1.76. The predicted octanol–water partition coefficient (Wildman–Crippen LogP) is 3.28. The van der Waals surface area contributed by atoms with Gasteiger partial charge in [0.2, 0.25) is 5.91 Å². The van der Waals surface area contributed by atoms with Crippen molar-refractivity contribution in [3.63, 3.8) is 0 Å². The number of hydrogen-bond acceptors (Lipinski definition) is 5. The van der Waals surface area contributed by atoms with Gasteiger partial charge in [-0.25, -0.2) is 4.98 Å². The van der Waals surface area contributed by atoms with Gasteiger partial charge >= 0.3 is 0 Å². The zero-order valence-electron chi connectivity index (χ0n) is 14.2. The SMILES string of the molecule is CCOC1CC(N)(C(=O)Nc2ncc(-c3ccccc3)s2)C1(C)C. The molecule has 3 N–H and O–H groups in total. The molecule has 0 radical (unpaired) electrons. The molecule has 1 heterocycles. The second-order valence-corrected chi connectivity index (χ2v) is 7.72. The summed E-state index contributed by atoms with van der Waals surface area (Å²) in [6.07, 6.45) is 2.30. The zero-order valence-corrected chi connectivity index (χ0v) is 15.0. The molecule has 6 heteroatoms. The van der Waals surface area contributed by atoms with Crippen molar-refractivity contribution in [1.82, 2.24) is 4.98 Å². The number of anilines is 1. The van der Waals surface area contributed by atoms with Gasteiger partial charge in [-0.3, -0.25) is 4.79 Å². The summed E-state index contributed by atoms with van der Waals surface area (Å²) >= 11 is 1.45. The Morgan fingerprint density at radius 2 is 2.12 bits per heavy atom. The van der Waals surface area contributed by atoms with E-state index >= 15 is 0 Å². The third kappa shape index (κ3) is 2.75. The first kappa shape index (κ1) is 17.1. The van der Waals surface area contributed by atoms with E-state index in [1.165, 1.54) is 11.3 Å². The summed E-state index contributed by atoms with van der Waals surface area (Å²) in [5.41, 5.74) is 6.13. The van der Waals surface area contributed by atoms with Gasteiger partial charge in [0, 0.05) is 24.6 Å². The van der Waals surface area contributed by atoms with Crippen molar-refractivity contribution in [3.05, 3.63) is 36.5 Å². The van der Waals surface area contributed by atoms with Crippen molar-refractivity contribution >= 4 is 22.4 Å². The molecule has 2 aromatic rings. The van der Waals surface area contributed by atoms with E-state index < -0.39 is 11.0 Å². The van der Waals surface area contributed by atoms with Gasteiger partial charge in [-0.1, -0.05) is 55.5 Å². The molecule has 0 spiro atoms. The minimum absolute atomic E-state index is 0.00873. The van der Waals surface area contributed by atoms with Crippen LogP contribution >= 0.6 is 11.3 Å². The van der Waals surface area contributed by atoms with Crippen LogP contribution in [-0.4, -0.2) is 29.1 Å². The average Bonchev–Trinajstić information content (AvgIpc) is 3.03. The summed E-state index contributed by atoms with van der Waals surface area (Å²) in [6, 6.07) is 9.97. The molecule has 1 aromatic carbocycles. The fraction of sp³-hybridized carbons (Fsp3) is 0.444. The average molecular weight is 345 g/mol. The Morgan fingerprint density at radius 1 is 1.42 bits per heavy atom. The number of carbonyl (C=O) groups excluding carboxylic acids is 1. The van der Waals surface area contributed by atoms with Gasteiger partial charge < -0.3 is 15.8 Å². The fourth-order valence-electron chi connectivity index (χ4n) is 3.10. The van der Waals surface area contributed by atoms with Gasteiger partial charge in [0.1, 0.15) is 5.54 Å². The summed E-state index contributed by atoms with van der Waals surface area (Å²) in [4.78, 5) is 18.0. The number of benzene rings is 1. The van der Waals surface area contributed by atoms with Crippen molar-refractivity contribution in [2.75, 3.05) is 11.9 Å². The summed E-state index contributed by atoms with van der Waals surface area (Å²) in [5.74, 6) is -0.197. The van der Waals surface area contributed by atoms with Crippen LogP contribution in [0.5, 0.6) is 0 Å². The molecule has 1 aromatic heterocycles. The van der Waals surface area contributed by atoms with E-state index in [4.69, 9.17) is 10.5 Å². The van der Waals surface area contributed by atoms with E-state index in [1.54, 1.807) is 6.20 Å². The molecule has 1 aliphatic rings. The highest BCUT2D eigenvalue weighted by Gasteiger charge is 2.62. The Balaban J connectivity index is 1.71. The first-order valence-electron chi connectivity index (χ1n) is 8.11. The molecule has 2 unspecified atom stereocenters. The van der Waals surface area contributed by atoms with Gasteiger partial charge in [0.05, 0.1) is 11.0 Å². The number of thiazole rings is 1. The van der Waals surface area contributed by atoms with Crippen molar-refractivity contribution in [3.8, 4) is 10.4 Å². The van der Waals surface area contributed by atoms with Crippen LogP contribution in [0.25, 0.3) is 10.4 Å². The molecule has 1 saturated carbocycles. The van der Waals surface area contributed by atoms with E-state index in [0.29, 0.717) is 18.2 Å². The zero-order chi connectivity index (χ0) is 17.4. The number of ether oxygens (including phenoxy) is 1. The topological polar surface area (TPSA) is 77.2 Å². The summed E-state index contributed by atoms with van der Waals surface area (Å²) in [7, 11) is 0. The van der Waals surface area contributed by atoms with Crippen LogP contribution in [0.4, 0.5) is 5.13 Å². The number of rotatable bonds is 5. The van der Waals surface area contributed by atoms with Crippen molar-refractivity contribution in [2.24, 2.45) is 11.1 Å². The van der Waals surface area contributed by atoms with Gasteiger partial charge in [-0.15, -0.1) is 0 Å². The van der Waals surface area contributed by atoms with E-state index in [9.17, 15) is 4.79 Å². The number of carbonyl (C=O) groups is 1. The highest BCUT2D eigenvalue weighted by molar-refractivity contribution is 7.19. The molecule has 24 heavy (non-hydrogen) atoms. The standard InChI is InChI=1S/C18H23N3O2S/c1-4-23-14-10-18(19,17(14,2)3)15(22)21-16-20-11-13(24-16)12-8-6-5-7-9-12/h5-9,11,14H,4,10,19H2,1-3H3,(H,20,21,22). The van der Waals surface area contributed by atoms with Crippen LogP contribution in [0, 0.1) is 5.41 Å². The molecule has 1 amide bonds. The Kier molecular flexibility index (Phi) is 4.46. The largest absolute Gasteiger partial charge is 0.378 e. The van der Waals surface area contributed by atoms with E-state index in [-0.39, 0.29) is 12.0 Å². The van der Waals surface area contributed by atoms with Crippen LogP contribution in [0.2, 0.25) is 0 Å². The summed E-state index contributed by atoms with van der Waals surface area (Å²) in [6.45, 7) is 6.54. The van der Waals surface area contributed by atoms with Crippen LogP contribution in [0.15, 0.2) is 36.5 Å². The van der Waals surface area contributed by atoms with Gasteiger partial charge in [-0.05, 0) is 12.5 Å². The summed E-state index contributed by atoms with van der Waals surface area (Å²) in [5, 5.41) is 3.45. The number of amides is 1. The second kappa shape index (κ2) is 6.27. The number of aromatic nitrogens is 1. The third-order valence-electron chi connectivity index (χ3n) is 5.02. The maximum atomic E-state index is 12.7. The Morgan fingerprint density at radius 3 is 2.75 bits per heavy atom. The van der Waals surface area contributed by atoms with Crippen LogP contribution in [0.1, 0.15) is 27.2 Å². The third-order valence-corrected chi connectivity index (χ3v) is 5.98. The van der Waals surface area contributed by atoms with Crippen molar-refractivity contribution in [2.45, 2.75) is 38.8 Å². The van der Waals surface area contributed by atoms with Gasteiger partial charge in [-0.2, -0.15) is 0 Å². The maximum Gasteiger partial charge on any atom is 0.246 e. The molecule has 0 aliphatic heterocycles. The minimum atomic E-state index is -0.939. The van der Waals surface area contributed by atoms with Crippen LogP contribution < -0.4 is 11.1 Å². The fourth-order valence-corrected chi connectivity index (χ4v) is 3.91. The molecule has 3 rings (SSSR count). The number of nitrogens with one attached hydrogen (secondary N) is 1. The monoisotopic (exact) mass is 345 g/mol. The molecule has 1 fully saturated rings. The molecule has 5 nitrogen and oxygen atoms in total. The first-order valence-corrected chi connectivity index (χ1v) is 8.93. The number of nitrogens with two attached hydrogens (primary N) is 1. The highest BCUT2D eigenvalue weighted by Crippen LogP contribution is 2.50. The quantitative estimate of drug-likeness (QED) is 0.872. The first-order chi connectivity index (χ1) is 11.4. The lowest BCUT2D eigenvalue weighted by molar-refractivity contribution is -0.166. The van der Waals surface area contributed by atoms with Crippen LogP contribution in [0.3, 0.4) is 0 Å². The predicted molar refractivity (Wildman–Crippen MR) is 96.9 cm³/mol. The lowest BCUT2D eigenvalue weighted by Crippen LogP contribution is -2.74. The molecule has 2 atom stereocenters. The lowest BCUT2D eigenvalue weighted by Gasteiger charge is -2.57. The second-order valence-electron chi connectivity index (χ2n) is 6.69. The molecular formula is C18H23N3O2S. The number of hydrogen-bond donors (Lipinski definition) is 2. The molecule has 0 saturated heterocycles. The lowest BCUT2D eigenvalue weighted by atomic mass is 9.54. The normalized spacial score (nSPS) is 25.1. The van der Waals surface area contributed by atoms with Gasteiger partial charge in [0.15, 0.2) is 5.13 Å². The van der Waals surface area contributed by atoms with E-state index in [1.807, 2.05) is 51.1 Å². The van der Waals surface area contributed by atoms with E-state index in [0.717, 1.165) is 10.4 Å². The Bertz CT molecular complexity index is 729. The molecular weight excluding hydrogens is 322 g/mol. The molecule has 1 aliphatic carbocycles. The number of nitrogens with zero attached hydrogens (tertiary/aromatic N) is 1. The van der Waals surface area contributed by atoms with Gasteiger partial charge in [0.25, 0.3) is 0 Å². The Labute approximate surface area is 146 Å². The van der Waals surface area contributed by atoms with Crippen molar-refractivity contribution in [1.29, 1.82) is 0 Å². The molecule has 128 valence electrons. The minimum Gasteiger partial charge on any atom is -0.378 e. The van der Waals surface area contributed by atoms with Crippen molar-refractivity contribution < 1.29 is 9.53 Å².